The second kappa shape index (κ2) is 4.60. The van der Waals surface area contributed by atoms with Gasteiger partial charge in [-0.25, -0.2) is 0 Å². The summed E-state index contributed by atoms with van der Waals surface area (Å²) in [6.07, 6.45) is 0.983. The molecule has 0 saturated carbocycles. The van der Waals surface area contributed by atoms with Gasteiger partial charge in [-0.3, -0.25) is 0 Å². The molecule has 0 aromatic carbocycles. The van der Waals surface area contributed by atoms with Gasteiger partial charge in [0.25, 0.3) is 0 Å². The SMILES string of the molecule is CC(C)(C)CCOc1ccc(Cl)nn1. The summed E-state index contributed by atoms with van der Waals surface area (Å²) >= 11 is 5.59. The van der Waals surface area contributed by atoms with Crippen molar-refractivity contribution in [3.05, 3.63) is 17.3 Å². The van der Waals surface area contributed by atoms with Crippen LogP contribution in [0.15, 0.2) is 12.1 Å². The highest BCUT2D eigenvalue weighted by Crippen LogP contribution is 2.18. The number of rotatable bonds is 3. The Balaban J connectivity index is 2.35. The van der Waals surface area contributed by atoms with E-state index in [9.17, 15) is 0 Å². The van der Waals surface area contributed by atoms with E-state index in [1.807, 2.05) is 0 Å². The van der Waals surface area contributed by atoms with Crippen molar-refractivity contribution in [1.82, 2.24) is 10.2 Å². The van der Waals surface area contributed by atoms with Gasteiger partial charge in [0.15, 0.2) is 5.15 Å². The molecule has 3 nitrogen and oxygen atoms in total. The molecule has 0 unspecified atom stereocenters. The Morgan fingerprint density at radius 1 is 1.29 bits per heavy atom. The average Bonchev–Trinajstić information content (AvgIpc) is 2.06. The number of nitrogens with zero attached hydrogens (tertiary/aromatic N) is 2. The standard InChI is InChI=1S/C10H15ClN2O/c1-10(2,3)6-7-14-9-5-4-8(11)12-13-9/h4-5H,6-7H2,1-3H3. The van der Waals surface area contributed by atoms with Gasteiger partial charge >= 0.3 is 0 Å². The van der Waals surface area contributed by atoms with Crippen LogP contribution in [0.4, 0.5) is 0 Å². The van der Waals surface area contributed by atoms with Gasteiger partial charge in [0, 0.05) is 6.07 Å². The largest absolute Gasteiger partial charge is 0.477 e. The topological polar surface area (TPSA) is 35.0 Å². The molecule has 0 N–H and O–H groups in total. The van der Waals surface area contributed by atoms with Crippen molar-refractivity contribution in [2.24, 2.45) is 5.41 Å². The van der Waals surface area contributed by atoms with E-state index in [1.165, 1.54) is 0 Å². The summed E-state index contributed by atoms with van der Waals surface area (Å²) in [5.41, 5.74) is 0.278. The van der Waals surface area contributed by atoms with Gasteiger partial charge in [-0.2, -0.15) is 0 Å². The fourth-order valence-corrected chi connectivity index (χ4v) is 0.943. The molecule has 0 spiro atoms. The second-order valence-corrected chi connectivity index (χ2v) is 4.74. The summed E-state index contributed by atoms with van der Waals surface area (Å²) in [6.45, 7) is 7.16. The van der Waals surface area contributed by atoms with E-state index in [4.69, 9.17) is 16.3 Å². The predicted molar refractivity (Wildman–Crippen MR) is 56.6 cm³/mol. The van der Waals surface area contributed by atoms with Crippen molar-refractivity contribution in [2.45, 2.75) is 27.2 Å². The molecule has 0 amide bonds. The first-order valence-corrected chi connectivity index (χ1v) is 4.97. The fraction of sp³-hybridized carbons (Fsp3) is 0.600. The smallest absolute Gasteiger partial charge is 0.233 e. The molecule has 0 fully saturated rings. The van der Waals surface area contributed by atoms with Crippen LogP contribution in [-0.2, 0) is 0 Å². The zero-order valence-corrected chi connectivity index (χ0v) is 9.51. The van der Waals surface area contributed by atoms with Crippen molar-refractivity contribution in [2.75, 3.05) is 6.61 Å². The molecule has 1 rings (SSSR count). The summed E-state index contributed by atoms with van der Waals surface area (Å²) in [5, 5.41) is 7.86. The predicted octanol–water partition coefficient (Wildman–Crippen LogP) is 2.95. The van der Waals surface area contributed by atoms with Crippen LogP contribution in [0.1, 0.15) is 27.2 Å². The van der Waals surface area contributed by atoms with Crippen LogP contribution >= 0.6 is 11.6 Å². The lowest BCUT2D eigenvalue weighted by atomic mass is 9.93. The number of halogens is 1. The Labute approximate surface area is 89.4 Å². The molecule has 1 heterocycles. The van der Waals surface area contributed by atoms with Crippen LogP contribution in [0, 0.1) is 5.41 Å². The molecule has 0 aliphatic heterocycles. The molecule has 78 valence electrons. The number of ether oxygens (including phenoxy) is 1. The van der Waals surface area contributed by atoms with E-state index in [0.717, 1.165) is 6.42 Å². The lowest BCUT2D eigenvalue weighted by Crippen LogP contribution is -2.11. The minimum atomic E-state index is 0.278. The van der Waals surface area contributed by atoms with Gasteiger partial charge in [-0.1, -0.05) is 32.4 Å². The lowest BCUT2D eigenvalue weighted by Gasteiger charge is -2.17. The molecule has 0 atom stereocenters. The molecule has 14 heavy (non-hydrogen) atoms. The van der Waals surface area contributed by atoms with Crippen molar-refractivity contribution < 1.29 is 4.74 Å². The quantitative estimate of drug-likeness (QED) is 0.776. The van der Waals surface area contributed by atoms with Crippen LogP contribution < -0.4 is 4.74 Å². The Hall–Kier alpha value is -0.830. The van der Waals surface area contributed by atoms with Gasteiger partial charge in [0.1, 0.15) is 0 Å². The minimum absolute atomic E-state index is 0.278. The van der Waals surface area contributed by atoms with E-state index in [-0.39, 0.29) is 5.41 Å². The third kappa shape index (κ3) is 4.42. The molecular formula is C10H15ClN2O. The highest BCUT2D eigenvalue weighted by atomic mass is 35.5. The maximum Gasteiger partial charge on any atom is 0.233 e. The third-order valence-electron chi connectivity index (χ3n) is 1.71. The monoisotopic (exact) mass is 214 g/mol. The zero-order valence-electron chi connectivity index (χ0n) is 8.75. The Morgan fingerprint density at radius 3 is 2.50 bits per heavy atom. The van der Waals surface area contributed by atoms with Crippen LogP contribution in [-0.4, -0.2) is 16.8 Å². The van der Waals surface area contributed by atoms with Crippen molar-refractivity contribution in [3.8, 4) is 5.88 Å². The van der Waals surface area contributed by atoms with Gasteiger partial charge in [0.2, 0.25) is 5.88 Å². The highest BCUT2D eigenvalue weighted by molar-refractivity contribution is 6.29. The summed E-state index contributed by atoms with van der Waals surface area (Å²) < 4.78 is 5.40. The summed E-state index contributed by atoms with van der Waals surface area (Å²) in [5.74, 6) is 0.527. The molecule has 0 aliphatic carbocycles. The lowest BCUT2D eigenvalue weighted by molar-refractivity contribution is 0.234. The van der Waals surface area contributed by atoms with Crippen molar-refractivity contribution in [3.63, 3.8) is 0 Å². The van der Waals surface area contributed by atoms with Gasteiger partial charge in [-0.05, 0) is 17.9 Å². The molecule has 1 aromatic heterocycles. The van der Waals surface area contributed by atoms with Crippen LogP contribution in [0.25, 0.3) is 0 Å². The Bertz CT molecular complexity index is 279. The number of hydrogen-bond donors (Lipinski definition) is 0. The van der Waals surface area contributed by atoms with Crippen molar-refractivity contribution in [1.29, 1.82) is 0 Å². The van der Waals surface area contributed by atoms with Crippen molar-refractivity contribution >= 4 is 11.6 Å². The average molecular weight is 215 g/mol. The normalized spacial score (nSPS) is 11.4. The number of aromatic nitrogens is 2. The van der Waals surface area contributed by atoms with E-state index in [1.54, 1.807) is 12.1 Å². The molecule has 0 aliphatic rings. The summed E-state index contributed by atoms with van der Waals surface area (Å²) in [6, 6.07) is 3.39. The van der Waals surface area contributed by atoms with Crippen LogP contribution in [0.3, 0.4) is 0 Å². The van der Waals surface area contributed by atoms with E-state index >= 15 is 0 Å². The van der Waals surface area contributed by atoms with Crippen LogP contribution in [0.2, 0.25) is 5.15 Å². The number of hydrogen-bond acceptors (Lipinski definition) is 3. The highest BCUT2D eigenvalue weighted by Gasteiger charge is 2.10. The maximum atomic E-state index is 5.59. The Kier molecular flexibility index (Phi) is 3.69. The van der Waals surface area contributed by atoms with E-state index in [0.29, 0.717) is 17.6 Å². The first-order valence-electron chi connectivity index (χ1n) is 4.59. The molecule has 4 heteroatoms. The van der Waals surface area contributed by atoms with Gasteiger partial charge in [0.05, 0.1) is 6.61 Å². The summed E-state index contributed by atoms with van der Waals surface area (Å²) in [4.78, 5) is 0. The molecule has 0 saturated heterocycles. The third-order valence-corrected chi connectivity index (χ3v) is 1.91. The molecule has 0 radical (unpaired) electrons. The molecule has 1 aromatic rings. The zero-order chi connectivity index (χ0) is 10.6. The van der Waals surface area contributed by atoms with E-state index < -0.39 is 0 Å². The van der Waals surface area contributed by atoms with Crippen LogP contribution in [0.5, 0.6) is 5.88 Å². The van der Waals surface area contributed by atoms with Gasteiger partial charge < -0.3 is 4.74 Å². The molecular weight excluding hydrogens is 200 g/mol. The minimum Gasteiger partial charge on any atom is -0.477 e. The summed E-state index contributed by atoms with van der Waals surface area (Å²) in [7, 11) is 0. The Morgan fingerprint density at radius 2 is 2.00 bits per heavy atom. The maximum absolute atomic E-state index is 5.59. The first kappa shape index (κ1) is 11.2. The van der Waals surface area contributed by atoms with E-state index in [2.05, 4.69) is 31.0 Å². The second-order valence-electron chi connectivity index (χ2n) is 4.35. The van der Waals surface area contributed by atoms with Gasteiger partial charge in [-0.15, -0.1) is 10.2 Å². The fourth-order valence-electron chi connectivity index (χ4n) is 0.843. The molecule has 0 bridgehead atoms. The first-order chi connectivity index (χ1) is 6.47.